The van der Waals surface area contributed by atoms with E-state index in [2.05, 4.69) is 102 Å². The number of furan rings is 1. The van der Waals surface area contributed by atoms with Gasteiger partial charge >= 0.3 is 0 Å². The van der Waals surface area contributed by atoms with Crippen LogP contribution in [0.1, 0.15) is 9.68 Å². The van der Waals surface area contributed by atoms with Gasteiger partial charge in [0.2, 0.25) is 5.71 Å². The van der Waals surface area contributed by atoms with Gasteiger partial charge in [-0.25, -0.2) is 4.98 Å². The first-order chi connectivity index (χ1) is 30.0. The third-order valence-electron chi connectivity index (χ3n) is 10.9. The Bertz CT molecular complexity index is 3440. The van der Waals surface area contributed by atoms with Gasteiger partial charge in [-0.05, 0) is 69.3 Å². The minimum absolute atomic E-state index is 0. The van der Waals surface area contributed by atoms with Crippen LogP contribution in [-0.2, 0) is 20.1 Å². The molecular formula is C53H40IrN4OSi-2. The molecule has 0 aliphatic carbocycles. The zero-order valence-electron chi connectivity index (χ0n) is 36.2. The van der Waals surface area contributed by atoms with Crippen molar-refractivity contribution in [3.8, 4) is 39.5 Å². The van der Waals surface area contributed by atoms with E-state index >= 15 is 0 Å². The topological polar surface area (TPSA) is 56.7 Å². The minimum atomic E-state index is -2.21. The number of para-hydroxylation sites is 2. The number of aryl methyl sites for hydroxylation is 1. The van der Waals surface area contributed by atoms with Gasteiger partial charge < -0.3 is 14.0 Å². The summed E-state index contributed by atoms with van der Waals surface area (Å²) in [5, 5.41) is 6.99. The fourth-order valence-electron chi connectivity index (χ4n) is 7.88. The van der Waals surface area contributed by atoms with Gasteiger partial charge in [-0.2, -0.15) is 0 Å². The predicted molar refractivity (Wildman–Crippen MR) is 247 cm³/mol. The Labute approximate surface area is 368 Å². The smallest absolute Gasteiger partial charge is 0.216 e. The van der Waals surface area contributed by atoms with Gasteiger partial charge in [0.15, 0.2) is 0 Å². The van der Waals surface area contributed by atoms with Gasteiger partial charge in [-0.15, -0.1) is 54.1 Å². The molecule has 0 bridgehead atoms. The van der Waals surface area contributed by atoms with Crippen LogP contribution in [0.2, 0.25) is 19.6 Å². The summed E-state index contributed by atoms with van der Waals surface area (Å²) in [4.78, 5) is 14.4. The van der Waals surface area contributed by atoms with Crippen molar-refractivity contribution >= 4 is 67.9 Å². The summed E-state index contributed by atoms with van der Waals surface area (Å²) >= 11 is 0. The van der Waals surface area contributed by atoms with Crippen molar-refractivity contribution < 1.29 is 28.6 Å². The summed E-state index contributed by atoms with van der Waals surface area (Å²) in [6.07, 6.45) is 3.80. The summed E-state index contributed by atoms with van der Waals surface area (Å²) in [5.74, 6) is 0.730. The Kier molecular flexibility index (Phi) is 9.41. The molecule has 0 saturated carbocycles. The quantitative estimate of drug-likeness (QED) is 0.127. The molecule has 11 rings (SSSR count). The second-order valence-electron chi connectivity index (χ2n) is 15.7. The van der Waals surface area contributed by atoms with E-state index in [1.807, 2.05) is 97.2 Å². The van der Waals surface area contributed by atoms with Crippen molar-refractivity contribution in [2.75, 3.05) is 0 Å². The van der Waals surface area contributed by atoms with Crippen molar-refractivity contribution in [2.24, 2.45) is 0 Å². The average molecular weight is 972 g/mol. The largest absolute Gasteiger partial charge is 0.486 e. The molecular weight excluding hydrogens is 929 g/mol. The molecule has 5 nitrogen and oxygen atoms in total. The Morgan fingerprint density at radius 2 is 1.43 bits per heavy atom. The van der Waals surface area contributed by atoms with Gasteiger partial charge in [-0.1, -0.05) is 128 Å². The number of fused-ring (bicyclic) bond motifs is 6. The average Bonchev–Trinajstić information content (AvgIpc) is 3.87. The van der Waals surface area contributed by atoms with Crippen LogP contribution < -0.4 is 5.19 Å². The van der Waals surface area contributed by atoms with Crippen LogP contribution in [0, 0.1) is 19.0 Å². The third kappa shape index (κ3) is 7.05. The maximum Gasteiger partial charge on any atom is 0.216 e. The van der Waals surface area contributed by atoms with E-state index in [1.54, 1.807) is 12.3 Å². The molecule has 4 aromatic heterocycles. The van der Waals surface area contributed by atoms with Crippen LogP contribution in [0.15, 0.2) is 175 Å². The summed E-state index contributed by atoms with van der Waals surface area (Å²) < 4.78 is 32.8. The molecule has 0 amide bonds. The Morgan fingerprint density at radius 3 is 2.23 bits per heavy atom. The van der Waals surface area contributed by atoms with Crippen molar-refractivity contribution in [3.05, 3.63) is 188 Å². The van der Waals surface area contributed by atoms with Gasteiger partial charge in [-0.3, -0.25) is 4.98 Å². The summed E-state index contributed by atoms with van der Waals surface area (Å²) in [7, 11) is -1.23. The fourth-order valence-corrected chi connectivity index (χ4v) is 8.92. The van der Waals surface area contributed by atoms with Crippen LogP contribution in [0.4, 0.5) is 0 Å². The van der Waals surface area contributed by atoms with E-state index in [9.17, 15) is 0 Å². The minimum Gasteiger partial charge on any atom is -0.486 e. The van der Waals surface area contributed by atoms with E-state index in [1.165, 1.54) is 5.19 Å². The molecule has 0 fully saturated rings. The van der Waals surface area contributed by atoms with Crippen LogP contribution in [0.5, 0.6) is 0 Å². The molecule has 0 aliphatic heterocycles. The van der Waals surface area contributed by atoms with E-state index in [0.29, 0.717) is 22.2 Å². The Hall–Kier alpha value is -6.50. The zero-order chi connectivity index (χ0) is 42.6. The summed E-state index contributed by atoms with van der Waals surface area (Å²) in [6.45, 7) is 4.78. The molecule has 0 spiro atoms. The Morgan fingerprint density at radius 1 is 0.650 bits per heavy atom. The standard InChI is InChI=1S/C39H24N3O.C14H16NSi.Ir/c1-24-20-21-28(30-14-5-4-12-27(24)30)26-22-33-31-15-9-16-32(37(31)43-39(33)40-23-26)38-41-34-17-6-7-18-36(34)42(38)35-19-8-11-25-10-2-3-13-29(25)35;1-16(2,3)13-9-10-14(15-11-13)12-7-5-4-6-8-12;/h2-15,17-23H,1H3;4-7,9-11H,1-3H3;/q2*-1;/i1D3;;. The molecule has 4 heterocycles. The number of hydrogen-bond donors (Lipinski definition) is 0. The molecule has 0 atom stereocenters. The molecule has 0 saturated heterocycles. The second-order valence-corrected chi connectivity index (χ2v) is 20.8. The van der Waals surface area contributed by atoms with Gasteiger partial charge in [0, 0.05) is 58.6 Å². The van der Waals surface area contributed by atoms with E-state index in [4.69, 9.17) is 18.5 Å². The van der Waals surface area contributed by atoms with E-state index in [0.717, 1.165) is 77.4 Å². The number of hydrogen-bond acceptors (Lipinski definition) is 4. The molecule has 0 unspecified atom stereocenters. The van der Waals surface area contributed by atoms with E-state index < -0.39 is 14.9 Å². The molecule has 11 aromatic rings. The third-order valence-corrected chi connectivity index (χ3v) is 13.0. The summed E-state index contributed by atoms with van der Waals surface area (Å²) in [5.41, 5.74) is 8.98. The first-order valence-corrected chi connectivity index (χ1v) is 23.2. The maximum absolute atomic E-state index is 8.04. The second kappa shape index (κ2) is 15.9. The van der Waals surface area contributed by atoms with Gasteiger partial charge in [0.05, 0.1) is 30.5 Å². The number of rotatable bonds is 5. The molecule has 293 valence electrons. The first-order valence-electron chi connectivity index (χ1n) is 21.2. The van der Waals surface area contributed by atoms with Crippen molar-refractivity contribution in [2.45, 2.75) is 26.5 Å². The fraction of sp³-hybridized carbons (Fsp3) is 0.0755. The number of aromatic nitrogens is 4. The monoisotopic (exact) mass is 972 g/mol. The number of imidazole rings is 1. The van der Waals surface area contributed by atoms with Crippen LogP contribution in [0.3, 0.4) is 0 Å². The van der Waals surface area contributed by atoms with Gasteiger partial charge in [0.1, 0.15) is 0 Å². The van der Waals surface area contributed by atoms with E-state index in [-0.39, 0.29) is 20.1 Å². The number of pyridine rings is 2. The van der Waals surface area contributed by atoms with Gasteiger partial charge in [0.25, 0.3) is 0 Å². The van der Waals surface area contributed by atoms with Crippen LogP contribution in [-0.4, -0.2) is 27.6 Å². The van der Waals surface area contributed by atoms with Crippen LogP contribution in [0.25, 0.3) is 94.1 Å². The molecule has 7 heteroatoms. The molecule has 0 N–H and O–H groups in total. The normalized spacial score (nSPS) is 12.5. The SMILES string of the molecule is C[Si](C)(C)c1ccc(-c2[c-]cccc2)nc1.[2H]C([2H])([2H])c1ccc(-c2cnc3oc4c(-c5nc6ccccc6n5-c5cccc6ccccc56)[c-]ccc4c3c2)c2ccccc12.[Ir]. The Balaban J connectivity index is 0.000000251. The zero-order valence-corrected chi connectivity index (χ0v) is 36.6. The molecule has 1 radical (unpaired) electrons. The van der Waals surface area contributed by atoms with Crippen molar-refractivity contribution in [1.82, 2.24) is 19.5 Å². The number of benzene rings is 7. The van der Waals surface area contributed by atoms with Crippen molar-refractivity contribution in [1.29, 1.82) is 0 Å². The molecule has 60 heavy (non-hydrogen) atoms. The predicted octanol–water partition coefficient (Wildman–Crippen LogP) is 13.2. The summed E-state index contributed by atoms with van der Waals surface area (Å²) in [6, 6.07) is 58.9. The van der Waals surface area contributed by atoms with Crippen molar-refractivity contribution in [3.63, 3.8) is 0 Å². The number of nitrogens with zero attached hydrogens (tertiary/aromatic N) is 4. The maximum atomic E-state index is 8.04. The molecule has 7 aromatic carbocycles. The first kappa shape index (κ1) is 35.4. The van der Waals surface area contributed by atoms with Crippen LogP contribution >= 0.6 is 0 Å². The molecule has 0 aliphatic rings.